The summed E-state index contributed by atoms with van der Waals surface area (Å²) in [4.78, 5) is 15.4. The minimum Gasteiger partial charge on any atom is -0.366 e. The first-order valence-electron chi connectivity index (χ1n) is 10.3. The normalized spacial score (nSPS) is 17.3. The molecule has 1 amide bonds. The number of aromatic nitrogens is 1. The molecule has 1 aliphatic heterocycles. The Kier molecular flexibility index (Phi) is 5.01. The molecule has 1 aliphatic rings. The predicted octanol–water partition coefficient (Wildman–Crippen LogP) is 4.52. The number of hydrogen-bond donors (Lipinski definition) is 2. The molecule has 5 nitrogen and oxygen atoms in total. The van der Waals surface area contributed by atoms with E-state index in [0.717, 1.165) is 27.6 Å². The fraction of sp³-hybridized carbons (Fsp3) is 0.375. The van der Waals surface area contributed by atoms with Crippen LogP contribution < -0.4 is 5.73 Å². The van der Waals surface area contributed by atoms with Crippen molar-refractivity contribution in [1.82, 2.24) is 4.98 Å². The molecule has 0 aliphatic carbocycles. The summed E-state index contributed by atoms with van der Waals surface area (Å²) in [6.07, 6.45) is 3.11. The molecule has 1 fully saturated rings. The summed E-state index contributed by atoms with van der Waals surface area (Å²) in [6.45, 7) is 6.53. The van der Waals surface area contributed by atoms with Crippen LogP contribution in [0.4, 0.5) is 0 Å². The molecular formula is C24H28N2O3S. The van der Waals surface area contributed by atoms with E-state index in [1.807, 2.05) is 12.3 Å². The van der Waals surface area contributed by atoms with Crippen molar-refractivity contribution >= 4 is 26.6 Å². The first kappa shape index (κ1) is 20.7. The van der Waals surface area contributed by atoms with E-state index in [1.54, 1.807) is 0 Å². The van der Waals surface area contributed by atoms with E-state index < -0.39 is 15.7 Å². The number of fused-ring (bicyclic) bond motifs is 1. The molecule has 0 radical (unpaired) electrons. The number of nitrogens with two attached hydrogens (primary N) is 1. The zero-order valence-corrected chi connectivity index (χ0v) is 18.5. The minimum atomic E-state index is -2.93. The monoisotopic (exact) mass is 424 g/mol. The lowest BCUT2D eigenvalue weighted by Crippen LogP contribution is -2.22. The van der Waals surface area contributed by atoms with Gasteiger partial charge < -0.3 is 10.7 Å². The Labute approximate surface area is 177 Å². The number of carbonyl (C=O) groups excluding carboxylic acids is 1. The van der Waals surface area contributed by atoms with Gasteiger partial charge in [0, 0.05) is 11.6 Å². The Morgan fingerprint density at radius 3 is 2.23 bits per heavy atom. The van der Waals surface area contributed by atoms with Crippen LogP contribution in [0.25, 0.3) is 22.0 Å². The van der Waals surface area contributed by atoms with Crippen molar-refractivity contribution in [3.8, 4) is 11.1 Å². The van der Waals surface area contributed by atoms with Crippen LogP contribution in [-0.4, -0.2) is 30.8 Å². The van der Waals surface area contributed by atoms with E-state index >= 15 is 0 Å². The maximum Gasteiger partial charge on any atom is 0.250 e. The molecule has 6 heteroatoms. The quantitative estimate of drug-likeness (QED) is 0.647. The smallest absolute Gasteiger partial charge is 0.250 e. The fourth-order valence-corrected chi connectivity index (χ4v) is 5.81. The van der Waals surface area contributed by atoms with Gasteiger partial charge in [-0.3, -0.25) is 4.79 Å². The average molecular weight is 425 g/mol. The van der Waals surface area contributed by atoms with Crippen molar-refractivity contribution < 1.29 is 13.2 Å². The molecule has 0 spiro atoms. The van der Waals surface area contributed by atoms with Gasteiger partial charge in [-0.25, -0.2) is 8.42 Å². The number of benzene rings is 2. The Balaban J connectivity index is 1.81. The van der Waals surface area contributed by atoms with Crippen LogP contribution in [0.1, 0.15) is 61.0 Å². The second kappa shape index (κ2) is 7.27. The van der Waals surface area contributed by atoms with Crippen LogP contribution in [0.15, 0.2) is 42.6 Å². The molecule has 3 N–H and O–H groups in total. The second-order valence-electron chi connectivity index (χ2n) is 9.31. The average Bonchev–Trinajstić information content (AvgIpc) is 3.10. The Hall–Kier alpha value is -2.60. The van der Waals surface area contributed by atoms with Crippen molar-refractivity contribution in [3.63, 3.8) is 0 Å². The number of primary amides is 1. The number of H-pyrrole nitrogens is 1. The third-order valence-electron chi connectivity index (χ3n) is 6.17. The number of carbonyl (C=O) groups is 1. The molecule has 0 unspecified atom stereocenters. The maximum atomic E-state index is 12.2. The zero-order chi connectivity index (χ0) is 21.7. The molecule has 1 aromatic heterocycles. The molecule has 1 saturated heterocycles. The molecule has 3 aromatic rings. The largest absolute Gasteiger partial charge is 0.366 e. The lowest BCUT2D eigenvalue weighted by atomic mass is 9.86. The van der Waals surface area contributed by atoms with Gasteiger partial charge in [0.1, 0.15) is 9.84 Å². The van der Waals surface area contributed by atoms with Crippen molar-refractivity contribution in [2.45, 2.75) is 44.9 Å². The van der Waals surface area contributed by atoms with Gasteiger partial charge in [-0.1, -0.05) is 45.0 Å². The molecule has 0 atom stereocenters. The van der Waals surface area contributed by atoms with E-state index in [2.05, 4.69) is 56.1 Å². The second-order valence-corrected chi connectivity index (χ2v) is 11.6. The number of aromatic amines is 1. The summed E-state index contributed by atoms with van der Waals surface area (Å²) in [5.74, 6) is 0.0939. The van der Waals surface area contributed by atoms with Crippen molar-refractivity contribution in [1.29, 1.82) is 0 Å². The van der Waals surface area contributed by atoms with Crippen LogP contribution in [-0.2, 0) is 15.3 Å². The number of hydrogen-bond acceptors (Lipinski definition) is 3. The number of sulfone groups is 1. The van der Waals surface area contributed by atoms with Gasteiger partial charge in [0.05, 0.1) is 22.6 Å². The maximum absolute atomic E-state index is 12.2. The van der Waals surface area contributed by atoms with Crippen LogP contribution in [0.2, 0.25) is 0 Å². The van der Waals surface area contributed by atoms with E-state index in [9.17, 15) is 13.2 Å². The van der Waals surface area contributed by atoms with E-state index in [4.69, 9.17) is 5.73 Å². The molecule has 0 saturated carbocycles. The molecule has 0 bridgehead atoms. The first-order valence-corrected chi connectivity index (χ1v) is 12.1. The fourth-order valence-electron chi connectivity index (χ4n) is 4.32. The Morgan fingerprint density at radius 2 is 1.67 bits per heavy atom. The minimum absolute atomic E-state index is 0.0655. The van der Waals surface area contributed by atoms with Gasteiger partial charge in [-0.15, -0.1) is 0 Å². The third-order valence-corrected chi connectivity index (χ3v) is 7.88. The summed E-state index contributed by atoms with van der Waals surface area (Å²) in [5, 5.41) is 0.950. The standard InChI is InChI=1S/C24H28N2O3S/c1-24(2,3)18-6-4-15(5-7-18)17-12-19-21(16-8-10-30(28,29)11-9-16)14-26-22(19)20(13-17)23(25)27/h4-7,12-14,16,26H,8-11H2,1-3H3,(H2,25,27). The molecule has 30 heavy (non-hydrogen) atoms. The molecule has 4 rings (SSSR count). The van der Waals surface area contributed by atoms with Gasteiger partial charge in [-0.2, -0.15) is 0 Å². The molecule has 2 aromatic carbocycles. The summed E-state index contributed by atoms with van der Waals surface area (Å²) < 4.78 is 23.7. The Bertz CT molecular complexity index is 1200. The highest BCUT2D eigenvalue weighted by atomic mass is 32.2. The van der Waals surface area contributed by atoms with Crippen LogP contribution in [0.5, 0.6) is 0 Å². The van der Waals surface area contributed by atoms with E-state index in [0.29, 0.717) is 18.4 Å². The summed E-state index contributed by atoms with van der Waals surface area (Å²) in [7, 11) is -2.93. The van der Waals surface area contributed by atoms with Gasteiger partial charge >= 0.3 is 0 Å². The first-order chi connectivity index (χ1) is 14.0. The Morgan fingerprint density at radius 1 is 1.03 bits per heavy atom. The number of rotatable bonds is 3. The van der Waals surface area contributed by atoms with Crippen LogP contribution in [0, 0.1) is 0 Å². The zero-order valence-electron chi connectivity index (χ0n) is 17.7. The molecular weight excluding hydrogens is 396 g/mol. The van der Waals surface area contributed by atoms with Gasteiger partial charge in [0.15, 0.2) is 0 Å². The van der Waals surface area contributed by atoms with E-state index in [1.165, 1.54) is 5.56 Å². The van der Waals surface area contributed by atoms with Gasteiger partial charge in [-0.05, 0) is 58.6 Å². The lowest BCUT2D eigenvalue weighted by Gasteiger charge is -2.22. The number of nitrogens with one attached hydrogen (secondary N) is 1. The third kappa shape index (κ3) is 3.88. The van der Waals surface area contributed by atoms with Crippen molar-refractivity contribution in [2.24, 2.45) is 5.73 Å². The highest BCUT2D eigenvalue weighted by Crippen LogP contribution is 2.37. The topological polar surface area (TPSA) is 93.0 Å². The summed E-state index contributed by atoms with van der Waals surface area (Å²) >= 11 is 0. The van der Waals surface area contributed by atoms with Crippen molar-refractivity contribution in [2.75, 3.05) is 11.5 Å². The van der Waals surface area contributed by atoms with Gasteiger partial charge in [0.25, 0.3) is 5.91 Å². The lowest BCUT2D eigenvalue weighted by molar-refractivity contribution is 0.100. The van der Waals surface area contributed by atoms with E-state index in [-0.39, 0.29) is 22.8 Å². The summed E-state index contributed by atoms with van der Waals surface area (Å²) in [5.41, 5.74) is 11.2. The summed E-state index contributed by atoms with van der Waals surface area (Å²) in [6, 6.07) is 12.3. The SMILES string of the molecule is CC(C)(C)c1ccc(-c2cc(C(N)=O)c3[nH]cc(C4CCS(=O)(=O)CC4)c3c2)cc1. The highest BCUT2D eigenvalue weighted by Gasteiger charge is 2.27. The van der Waals surface area contributed by atoms with Crippen molar-refractivity contribution in [3.05, 3.63) is 59.3 Å². The highest BCUT2D eigenvalue weighted by molar-refractivity contribution is 7.91. The number of amides is 1. The van der Waals surface area contributed by atoms with Crippen LogP contribution in [0.3, 0.4) is 0 Å². The molecule has 2 heterocycles. The molecule has 158 valence electrons. The van der Waals surface area contributed by atoms with Crippen LogP contribution >= 0.6 is 0 Å². The van der Waals surface area contributed by atoms with Gasteiger partial charge in [0.2, 0.25) is 0 Å². The predicted molar refractivity (Wildman–Crippen MR) is 122 cm³/mol.